The maximum absolute atomic E-state index is 13.4. The van der Waals surface area contributed by atoms with Gasteiger partial charge in [-0.2, -0.15) is 0 Å². The van der Waals surface area contributed by atoms with Crippen LogP contribution >= 0.6 is 0 Å². The number of aliphatic hydroxyl groups excluding tert-OH is 2. The number of primary amides is 1. The van der Waals surface area contributed by atoms with E-state index in [-0.39, 0.29) is 25.0 Å². The summed E-state index contributed by atoms with van der Waals surface area (Å²) >= 11 is 0. The van der Waals surface area contributed by atoms with E-state index in [1.165, 1.54) is 0 Å². The summed E-state index contributed by atoms with van der Waals surface area (Å²) in [6, 6.07) is 23.9. The fraction of sp³-hybridized carbons (Fsp3) is 0.355. The third kappa shape index (κ3) is 9.83. The fourth-order valence-electron chi connectivity index (χ4n) is 4.61. The fourth-order valence-corrected chi connectivity index (χ4v) is 4.61. The van der Waals surface area contributed by atoms with Gasteiger partial charge in [0.05, 0.1) is 18.1 Å². The van der Waals surface area contributed by atoms with Crippen LogP contribution < -0.4 is 16.8 Å². The van der Waals surface area contributed by atoms with Gasteiger partial charge in [-0.25, -0.2) is 0 Å². The lowest BCUT2D eigenvalue weighted by molar-refractivity contribution is -0.132. The maximum Gasteiger partial charge on any atom is 0.240 e. The van der Waals surface area contributed by atoms with Crippen LogP contribution in [-0.2, 0) is 28.9 Å². The highest BCUT2D eigenvalue weighted by atomic mass is 16.3. The molecule has 8 N–H and O–H groups in total. The highest BCUT2D eigenvalue weighted by Crippen LogP contribution is 2.20. The van der Waals surface area contributed by atoms with Crippen LogP contribution in [0.25, 0.3) is 0 Å². The van der Waals surface area contributed by atoms with E-state index in [0.717, 1.165) is 16.7 Å². The smallest absolute Gasteiger partial charge is 0.240 e. The summed E-state index contributed by atoms with van der Waals surface area (Å²) in [6.07, 6.45) is 0.261. The molecule has 0 aromatic heterocycles. The van der Waals surface area contributed by atoms with Crippen LogP contribution in [0.2, 0.25) is 0 Å². The number of nitrogens with one attached hydrogen (secondary N) is 1. The van der Waals surface area contributed by atoms with Crippen molar-refractivity contribution in [3.63, 3.8) is 0 Å². The van der Waals surface area contributed by atoms with Gasteiger partial charge in [0.1, 0.15) is 11.8 Å². The minimum Gasteiger partial charge on any atom is -0.508 e. The molecule has 0 bridgehead atoms. The highest BCUT2D eigenvalue weighted by Gasteiger charge is 2.30. The molecule has 39 heavy (non-hydrogen) atoms. The Morgan fingerprint density at radius 2 is 1.23 bits per heavy atom. The van der Waals surface area contributed by atoms with Crippen molar-refractivity contribution in [1.82, 2.24) is 5.32 Å². The van der Waals surface area contributed by atoms with E-state index in [2.05, 4.69) is 5.32 Å². The van der Waals surface area contributed by atoms with Crippen molar-refractivity contribution >= 4 is 11.8 Å². The molecular weight excluding hydrogens is 494 g/mol. The molecule has 0 heterocycles. The van der Waals surface area contributed by atoms with Crippen molar-refractivity contribution in [3.8, 4) is 5.75 Å². The van der Waals surface area contributed by atoms with E-state index in [0.29, 0.717) is 19.3 Å². The minimum absolute atomic E-state index is 0.165. The molecule has 0 unspecified atom stereocenters. The second-order valence-corrected chi connectivity index (χ2v) is 10.0. The van der Waals surface area contributed by atoms with Crippen LogP contribution in [0, 0.1) is 5.92 Å². The molecule has 5 atom stereocenters. The molecule has 0 saturated carbocycles. The normalized spacial score (nSPS) is 15.1. The van der Waals surface area contributed by atoms with Crippen LogP contribution in [0.1, 0.15) is 36.0 Å². The Kier molecular flexibility index (Phi) is 11.5. The molecule has 0 fully saturated rings. The van der Waals surface area contributed by atoms with Gasteiger partial charge in [0.15, 0.2) is 0 Å². The Balaban J connectivity index is 1.60. The monoisotopic (exact) mass is 533 g/mol. The molecule has 0 spiro atoms. The number of hydrogen-bond donors (Lipinski definition) is 6. The number of phenolic OH excluding ortho intramolecular Hbond substituents is 1. The molecule has 2 amide bonds. The Hall–Kier alpha value is -3.72. The molecule has 8 heteroatoms. The van der Waals surface area contributed by atoms with Crippen molar-refractivity contribution in [3.05, 3.63) is 102 Å². The standard InChI is InChI=1S/C31H39N3O5/c32-26(19-23-14-16-24(35)17-15-23)29(37)13-7-12-28(36)25(18-21-8-3-1-4-9-21)31(39)34-27(30(33)38)20-22-10-5-2-6-11-22/h1-6,8-11,14-17,25-29,35-37H,7,12-13,18-20,32H2,(H2,33,38)(H,34,39)/t25-,26+,27+,28-,29-/m1/s1. The molecule has 8 nitrogen and oxygen atoms in total. The van der Waals surface area contributed by atoms with Gasteiger partial charge in [0, 0.05) is 12.5 Å². The van der Waals surface area contributed by atoms with Crippen molar-refractivity contribution in [2.24, 2.45) is 17.4 Å². The summed E-state index contributed by atoms with van der Waals surface area (Å²) in [4.78, 5) is 25.5. The number of carbonyl (C=O) groups excluding carboxylic acids is 2. The Morgan fingerprint density at radius 3 is 1.79 bits per heavy atom. The van der Waals surface area contributed by atoms with Gasteiger partial charge >= 0.3 is 0 Å². The third-order valence-corrected chi connectivity index (χ3v) is 6.94. The van der Waals surface area contributed by atoms with Gasteiger partial charge in [-0.05, 0) is 60.9 Å². The van der Waals surface area contributed by atoms with Crippen LogP contribution in [0.5, 0.6) is 5.75 Å². The van der Waals surface area contributed by atoms with E-state index >= 15 is 0 Å². The molecule has 0 aliphatic rings. The molecule has 3 aromatic rings. The van der Waals surface area contributed by atoms with E-state index in [1.807, 2.05) is 60.7 Å². The number of rotatable bonds is 15. The number of amides is 2. The predicted molar refractivity (Wildman–Crippen MR) is 151 cm³/mol. The predicted octanol–water partition coefficient (Wildman–Crippen LogP) is 2.23. The summed E-state index contributed by atoms with van der Waals surface area (Å²) in [7, 11) is 0. The first-order valence-electron chi connectivity index (χ1n) is 13.3. The Morgan fingerprint density at radius 1 is 0.718 bits per heavy atom. The Bertz CT molecular complexity index is 1160. The van der Waals surface area contributed by atoms with E-state index < -0.39 is 42.0 Å². The Labute approximate surface area is 229 Å². The zero-order valence-electron chi connectivity index (χ0n) is 22.0. The second kappa shape index (κ2) is 15.0. The van der Waals surface area contributed by atoms with Crippen LogP contribution in [0.4, 0.5) is 0 Å². The van der Waals surface area contributed by atoms with Crippen LogP contribution in [-0.4, -0.2) is 51.4 Å². The molecule has 0 aliphatic carbocycles. The zero-order valence-corrected chi connectivity index (χ0v) is 22.0. The van der Waals surface area contributed by atoms with Crippen molar-refractivity contribution in [2.75, 3.05) is 0 Å². The third-order valence-electron chi connectivity index (χ3n) is 6.94. The van der Waals surface area contributed by atoms with Gasteiger partial charge in [-0.1, -0.05) is 72.8 Å². The largest absolute Gasteiger partial charge is 0.508 e. The van der Waals surface area contributed by atoms with E-state index in [4.69, 9.17) is 11.5 Å². The number of hydrogen-bond acceptors (Lipinski definition) is 6. The van der Waals surface area contributed by atoms with Gasteiger partial charge < -0.3 is 32.1 Å². The van der Waals surface area contributed by atoms with Crippen molar-refractivity contribution < 1.29 is 24.9 Å². The number of carbonyl (C=O) groups is 2. The first-order valence-corrected chi connectivity index (χ1v) is 13.3. The SMILES string of the molecule is NC(=O)[C@H](Cc1ccccc1)NC(=O)[C@H](Cc1ccccc1)[C@H](O)CCC[C@@H](O)[C@@H](N)Cc1ccc(O)cc1. The summed E-state index contributed by atoms with van der Waals surface area (Å²) in [5, 5.41) is 33.8. The summed E-state index contributed by atoms with van der Waals surface area (Å²) in [6.45, 7) is 0. The first-order chi connectivity index (χ1) is 18.7. The van der Waals surface area contributed by atoms with Gasteiger partial charge in [0.2, 0.25) is 11.8 Å². The molecule has 0 saturated heterocycles. The lowest BCUT2D eigenvalue weighted by Crippen LogP contribution is -2.50. The summed E-state index contributed by atoms with van der Waals surface area (Å²) in [5.41, 5.74) is 14.4. The quantitative estimate of drug-likeness (QED) is 0.176. The molecule has 208 valence electrons. The average Bonchev–Trinajstić information content (AvgIpc) is 2.93. The van der Waals surface area contributed by atoms with Crippen molar-refractivity contribution in [2.45, 2.75) is 62.8 Å². The van der Waals surface area contributed by atoms with E-state index in [1.54, 1.807) is 24.3 Å². The summed E-state index contributed by atoms with van der Waals surface area (Å²) < 4.78 is 0. The molecule has 3 aromatic carbocycles. The zero-order chi connectivity index (χ0) is 28.2. The lowest BCUT2D eigenvalue weighted by atomic mass is 9.89. The van der Waals surface area contributed by atoms with Gasteiger partial charge in [0.25, 0.3) is 0 Å². The summed E-state index contributed by atoms with van der Waals surface area (Å²) in [5.74, 6) is -1.74. The molecule has 0 aliphatic heterocycles. The van der Waals surface area contributed by atoms with Gasteiger partial charge in [-0.15, -0.1) is 0 Å². The number of phenols is 1. The molecule has 0 radical (unpaired) electrons. The number of benzene rings is 3. The highest BCUT2D eigenvalue weighted by molar-refractivity contribution is 5.88. The van der Waals surface area contributed by atoms with Crippen molar-refractivity contribution in [1.29, 1.82) is 0 Å². The number of nitrogens with two attached hydrogens (primary N) is 2. The second-order valence-electron chi connectivity index (χ2n) is 10.0. The number of aliphatic hydroxyl groups is 2. The average molecular weight is 534 g/mol. The van der Waals surface area contributed by atoms with Crippen LogP contribution in [0.15, 0.2) is 84.9 Å². The number of aromatic hydroxyl groups is 1. The van der Waals surface area contributed by atoms with E-state index in [9.17, 15) is 24.9 Å². The molecule has 3 rings (SSSR count). The van der Waals surface area contributed by atoms with Gasteiger partial charge in [-0.3, -0.25) is 9.59 Å². The molecular formula is C31H39N3O5. The van der Waals surface area contributed by atoms with Crippen LogP contribution in [0.3, 0.4) is 0 Å². The topological polar surface area (TPSA) is 159 Å². The maximum atomic E-state index is 13.4. The minimum atomic E-state index is -1.00. The first kappa shape index (κ1) is 29.8. The lowest BCUT2D eigenvalue weighted by Gasteiger charge is -2.26.